The molecule has 0 spiro atoms. The summed E-state index contributed by atoms with van der Waals surface area (Å²) in [6.07, 6.45) is 24.8. The Morgan fingerprint density at radius 2 is 0.920 bits per heavy atom. The molecule has 0 saturated carbocycles. The third-order valence-corrected chi connectivity index (χ3v) is 5.15. The Labute approximate surface area is 163 Å². The Bertz CT molecular complexity index is 269. The van der Waals surface area contributed by atoms with Gasteiger partial charge in [-0.15, -0.1) is 0 Å². The first-order valence-electron chi connectivity index (χ1n) is 11.1. The third kappa shape index (κ3) is 21.8. The van der Waals surface area contributed by atoms with Gasteiger partial charge in [-0.1, -0.05) is 116 Å². The number of hydrogen-bond donors (Lipinski definition) is 1. The smallest absolute Gasteiger partial charge is 0.315 e. The zero-order valence-corrected chi connectivity index (χ0v) is 17.8. The summed E-state index contributed by atoms with van der Waals surface area (Å²) in [5.74, 6) is -0.00529. The molecule has 0 N–H and O–H groups in total. The number of rotatable bonds is 20. The SMILES string of the molecule is CCCCCCCCCCCCCCCCCCCCOC(=O)CS. The molecule has 0 aliphatic heterocycles. The highest BCUT2D eigenvalue weighted by molar-refractivity contribution is 7.81. The molecular formula is C22H44O2S. The van der Waals surface area contributed by atoms with E-state index in [-0.39, 0.29) is 11.7 Å². The Morgan fingerprint density at radius 1 is 0.600 bits per heavy atom. The van der Waals surface area contributed by atoms with Gasteiger partial charge in [-0.3, -0.25) is 4.79 Å². The molecule has 2 nitrogen and oxygen atoms in total. The summed E-state index contributed by atoms with van der Waals surface area (Å²) in [5, 5.41) is 0. The van der Waals surface area contributed by atoms with E-state index < -0.39 is 0 Å². The lowest BCUT2D eigenvalue weighted by molar-refractivity contribution is -0.140. The molecule has 0 aromatic rings. The summed E-state index contributed by atoms with van der Waals surface area (Å²) in [6.45, 7) is 2.85. The monoisotopic (exact) mass is 372 g/mol. The lowest BCUT2D eigenvalue weighted by atomic mass is 10.0. The zero-order valence-electron chi connectivity index (χ0n) is 16.9. The minimum absolute atomic E-state index is 0.193. The van der Waals surface area contributed by atoms with Gasteiger partial charge in [-0.25, -0.2) is 0 Å². The number of hydrogen-bond acceptors (Lipinski definition) is 3. The van der Waals surface area contributed by atoms with Gasteiger partial charge in [0, 0.05) is 0 Å². The van der Waals surface area contributed by atoms with Crippen molar-refractivity contribution in [2.24, 2.45) is 0 Å². The number of thiol groups is 1. The second-order valence-electron chi connectivity index (χ2n) is 7.39. The molecule has 3 heteroatoms. The maximum Gasteiger partial charge on any atom is 0.315 e. The number of ether oxygens (including phenoxy) is 1. The summed E-state index contributed by atoms with van der Waals surface area (Å²) < 4.78 is 5.00. The van der Waals surface area contributed by atoms with E-state index in [1.165, 1.54) is 109 Å². The molecule has 0 aromatic heterocycles. The van der Waals surface area contributed by atoms with E-state index in [2.05, 4.69) is 19.6 Å². The summed E-state index contributed by atoms with van der Waals surface area (Å²) in [5.41, 5.74) is 0. The van der Waals surface area contributed by atoms with Crippen LogP contribution in [-0.2, 0) is 9.53 Å². The molecule has 0 amide bonds. The maximum atomic E-state index is 10.9. The van der Waals surface area contributed by atoms with E-state index in [0.29, 0.717) is 6.61 Å². The van der Waals surface area contributed by atoms with Gasteiger partial charge < -0.3 is 4.74 Å². The van der Waals surface area contributed by atoms with Crippen molar-refractivity contribution in [2.75, 3.05) is 12.4 Å². The molecular weight excluding hydrogens is 328 g/mol. The molecule has 0 atom stereocenters. The second kappa shape index (κ2) is 21.9. The van der Waals surface area contributed by atoms with Crippen LogP contribution in [0, 0.1) is 0 Å². The van der Waals surface area contributed by atoms with Crippen LogP contribution in [0.4, 0.5) is 0 Å². The van der Waals surface area contributed by atoms with Crippen LogP contribution in [0.2, 0.25) is 0 Å². The van der Waals surface area contributed by atoms with Crippen molar-refractivity contribution < 1.29 is 9.53 Å². The second-order valence-corrected chi connectivity index (χ2v) is 7.71. The van der Waals surface area contributed by atoms with Crippen LogP contribution in [-0.4, -0.2) is 18.3 Å². The number of esters is 1. The highest BCUT2D eigenvalue weighted by Crippen LogP contribution is 2.14. The maximum absolute atomic E-state index is 10.9. The summed E-state index contributed by atoms with van der Waals surface area (Å²) >= 11 is 3.88. The highest BCUT2D eigenvalue weighted by Gasteiger charge is 1.98. The molecule has 0 heterocycles. The van der Waals surface area contributed by atoms with Gasteiger partial charge in [0.15, 0.2) is 0 Å². The predicted molar refractivity (Wildman–Crippen MR) is 114 cm³/mol. The van der Waals surface area contributed by atoms with Crippen LogP contribution < -0.4 is 0 Å². The van der Waals surface area contributed by atoms with E-state index in [1.54, 1.807) is 0 Å². The lowest BCUT2D eigenvalue weighted by Crippen LogP contribution is -2.06. The summed E-state index contributed by atoms with van der Waals surface area (Å²) in [6, 6.07) is 0. The number of unbranched alkanes of at least 4 members (excludes halogenated alkanes) is 17. The molecule has 25 heavy (non-hydrogen) atoms. The molecule has 0 aromatic carbocycles. The average molecular weight is 373 g/mol. The van der Waals surface area contributed by atoms with Crippen LogP contribution in [0.15, 0.2) is 0 Å². The molecule has 150 valence electrons. The normalized spacial score (nSPS) is 11.0. The van der Waals surface area contributed by atoms with Crippen LogP contribution in [0.1, 0.15) is 122 Å². The molecule has 0 aliphatic carbocycles. The standard InChI is InChI=1S/C22H44O2S/c1-2-3-4-5-6-7-8-9-10-11-12-13-14-15-16-17-18-19-20-24-22(23)21-25/h25H,2-21H2,1H3. The molecule has 0 saturated heterocycles. The van der Waals surface area contributed by atoms with Gasteiger partial charge in [-0.05, 0) is 6.42 Å². The molecule has 0 radical (unpaired) electrons. The Balaban J connectivity index is 2.99. The fourth-order valence-corrected chi connectivity index (χ4v) is 3.33. The van der Waals surface area contributed by atoms with E-state index in [0.717, 1.165) is 6.42 Å². The van der Waals surface area contributed by atoms with Gasteiger partial charge in [0.25, 0.3) is 0 Å². The molecule has 0 bridgehead atoms. The summed E-state index contributed by atoms with van der Waals surface area (Å²) in [7, 11) is 0. The van der Waals surface area contributed by atoms with Gasteiger partial charge in [0.1, 0.15) is 0 Å². The van der Waals surface area contributed by atoms with Gasteiger partial charge >= 0.3 is 5.97 Å². The van der Waals surface area contributed by atoms with Crippen molar-refractivity contribution in [2.45, 2.75) is 122 Å². The van der Waals surface area contributed by atoms with E-state index in [1.807, 2.05) is 0 Å². The van der Waals surface area contributed by atoms with Crippen molar-refractivity contribution in [1.82, 2.24) is 0 Å². The van der Waals surface area contributed by atoms with E-state index in [4.69, 9.17) is 4.74 Å². The highest BCUT2D eigenvalue weighted by atomic mass is 32.1. The molecule has 0 fully saturated rings. The van der Waals surface area contributed by atoms with Crippen molar-refractivity contribution in [3.8, 4) is 0 Å². The third-order valence-electron chi connectivity index (χ3n) is 4.89. The van der Waals surface area contributed by atoms with Crippen LogP contribution in [0.25, 0.3) is 0 Å². The van der Waals surface area contributed by atoms with Gasteiger partial charge in [0.05, 0.1) is 12.4 Å². The fraction of sp³-hybridized carbons (Fsp3) is 0.955. The van der Waals surface area contributed by atoms with Crippen molar-refractivity contribution in [3.63, 3.8) is 0 Å². The first-order valence-corrected chi connectivity index (χ1v) is 11.7. The Morgan fingerprint density at radius 3 is 1.24 bits per heavy atom. The fourth-order valence-electron chi connectivity index (χ4n) is 3.24. The van der Waals surface area contributed by atoms with Crippen molar-refractivity contribution >= 4 is 18.6 Å². The number of carbonyl (C=O) groups is 1. The first kappa shape index (κ1) is 24.8. The first-order chi connectivity index (χ1) is 12.3. The van der Waals surface area contributed by atoms with Crippen LogP contribution >= 0.6 is 12.6 Å². The minimum Gasteiger partial charge on any atom is -0.465 e. The van der Waals surface area contributed by atoms with Gasteiger partial charge in [-0.2, -0.15) is 12.6 Å². The van der Waals surface area contributed by atoms with Crippen molar-refractivity contribution in [3.05, 3.63) is 0 Å². The Kier molecular flexibility index (Phi) is 21.7. The van der Waals surface area contributed by atoms with Crippen LogP contribution in [0.3, 0.4) is 0 Å². The van der Waals surface area contributed by atoms with Crippen LogP contribution in [0.5, 0.6) is 0 Å². The topological polar surface area (TPSA) is 26.3 Å². The van der Waals surface area contributed by atoms with Gasteiger partial charge in [0.2, 0.25) is 0 Å². The zero-order chi connectivity index (χ0) is 18.4. The Hall–Kier alpha value is -0.180. The van der Waals surface area contributed by atoms with Crippen molar-refractivity contribution in [1.29, 1.82) is 0 Å². The molecule has 0 rings (SSSR count). The predicted octanol–water partition coefficient (Wildman–Crippen LogP) is 7.50. The molecule has 0 unspecified atom stereocenters. The lowest BCUT2D eigenvalue weighted by Gasteiger charge is -2.04. The van der Waals surface area contributed by atoms with E-state index in [9.17, 15) is 4.79 Å². The quantitative estimate of drug-likeness (QED) is 0.136. The number of carbonyl (C=O) groups excluding carboxylic acids is 1. The summed E-state index contributed by atoms with van der Waals surface area (Å²) in [4.78, 5) is 10.9. The minimum atomic E-state index is -0.199. The van der Waals surface area contributed by atoms with E-state index >= 15 is 0 Å². The molecule has 0 aliphatic rings. The largest absolute Gasteiger partial charge is 0.465 e. The average Bonchev–Trinajstić information content (AvgIpc) is 2.63.